The Balaban J connectivity index is 1.49. The van der Waals surface area contributed by atoms with E-state index in [-0.39, 0.29) is 5.71 Å². The molecule has 0 fully saturated rings. The Bertz CT molecular complexity index is 1170. The summed E-state index contributed by atoms with van der Waals surface area (Å²) in [6.45, 7) is 0. The molecule has 160 valence electrons. The fraction of sp³-hybridized carbons (Fsp3) is 0.0870. The van der Waals surface area contributed by atoms with E-state index >= 15 is 0 Å². The molecule has 4 rings (SSSR count). The highest BCUT2D eigenvalue weighted by molar-refractivity contribution is 6.39. The number of rotatable bonds is 6. The fourth-order valence-corrected chi connectivity index (χ4v) is 3.57. The molecule has 1 aliphatic rings. The number of nitrogens with one attached hydrogen (secondary N) is 2. The van der Waals surface area contributed by atoms with E-state index in [0.717, 1.165) is 17.2 Å². The second kappa shape index (κ2) is 8.68. The number of nitro groups is 1. The number of carbonyl (C=O) groups excluding carboxylic acids is 1. The van der Waals surface area contributed by atoms with Crippen LogP contribution in [0, 0.1) is 10.1 Å². The third-order valence-electron chi connectivity index (χ3n) is 5.19. The average Bonchev–Trinajstić information content (AvgIpc) is 3.27. The lowest BCUT2D eigenvalue weighted by atomic mass is 9.80. The van der Waals surface area contributed by atoms with Crippen LogP contribution in [0.5, 0.6) is 5.75 Å². The standard InChI is InChI=1S/C23H19N5O4/c29-21-13-16(11-12-20(21)28(31)32)15-24-26-22(30)19-14-23(27-25-19,17-7-3-1-4-8-17)18-9-5-2-6-10-18/h1-13,15,27,29H,14H2,(H,26,30). The van der Waals surface area contributed by atoms with Gasteiger partial charge in [0.2, 0.25) is 0 Å². The molecule has 1 aliphatic heterocycles. The molecular weight excluding hydrogens is 410 g/mol. The van der Waals surface area contributed by atoms with E-state index in [1.807, 2.05) is 60.7 Å². The molecule has 3 aromatic rings. The van der Waals surface area contributed by atoms with Crippen molar-refractivity contribution in [3.8, 4) is 5.75 Å². The molecule has 0 saturated carbocycles. The summed E-state index contributed by atoms with van der Waals surface area (Å²) in [4.78, 5) is 22.8. The van der Waals surface area contributed by atoms with Crippen molar-refractivity contribution < 1.29 is 14.8 Å². The second-order valence-corrected chi connectivity index (χ2v) is 7.19. The van der Waals surface area contributed by atoms with Gasteiger partial charge in [-0.25, -0.2) is 5.43 Å². The molecule has 0 bridgehead atoms. The van der Waals surface area contributed by atoms with Crippen molar-refractivity contribution in [1.82, 2.24) is 10.9 Å². The topological polar surface area (TPSA) is 129 Å². The number of nitrogens with zero attached hydrogens (tertiary/aromatic N) is 3. The zero-order chi connectivity index (χ0) is 22.6. The smallest absolute Gasteiger partial charge is 0.310 e. The van der Waals surface area contributed by atoms with Crippen LogP contribution in [0.3, 0.4) is 0 Å². The number of carbonyl (C=O) groups is 1. The number of hydrogen-bond acceptors (Lipinski definition) is 7. The van der Waals surface area contributed by atoms with E-state index in [2.05, 4.69) is 21.1 Å². The van der Waals surface area contributed by atoms with E-state index < -0.39 is 27.8 Å². The highest BCUT2D eigenvalue weighted by atomic mass is 16.6. The monoisotopic (exact) mass is 429 g/mol. The Morgan fingerprint density at radius 1 is 1.09 bits per heavy atom. The molecule has 32 heavy (non-hydrogen) atoms. The number of aromatic hydroxyl groups is 1. The number of amides is 1. The molecule has 9 heteroatoms. The van der Waals surface area contributed by atoms with Crippen molar-refractivity contribution in [3.63, 3.8) is 0 Å². The minimum Gasteiger partial charge on any atom is -0.502 e. The first-order valence-electron chi connectivity index (χ1n) is 9.75. The third-order valence-corrected chi connectivity index (χ3v) is 5.19. The van der Waals surface area contributed by atoms with Crippen molar-refractivity contribution in [2.45, 2.75) is 12.0 Å². The van der Waals surface area contributed by atoms with Crippen LogP contribution in [-0.4, -0.2) is 27.9 Å². The minimum atomic E-state index is -0.686. The molecule has 3 aromatic carbocycles. The number of hydrogen-bond donors (Lipinski definition) is 3. The summed E-state index contributed by atoms with van der Waals surface area (Å²) in [6, 6.07) is 23.3. The summed E-state index contributed by atoms with van der Waals surface area (Å²) in [5.74, 6) is -0.959. The summed E-state index contributed by atoms with van der Waals surface area (Å²) in [5, 5.41) is 28.6. The predicted molar refractivity (Wildman–Crippen MR) is 119 cm³/mol. The molecule has 0 atom stereocenters. The minimum absolute atomic E-state index is 0.279. The molecule has 3 N–H and O–H groups in total. The summed E-state index contributed by atoms with van der Waals surface area (Å²) in [5.41, 5.74) is 7.09. The van der Waals surface area contributed by atoms with Crippen LogP contribution in [0.2, 0.25) is 0 Å². The lowest BCUT2D eigenvalue weighted by Gasteiger charge is -2.30. The van der Waals surface area contributed by atoms with Crippen LogP contribution in [0.25, 0.3) is 0 Å². The zero-order valence-corrected chi connectivity index (χ0v) is 16.8. The van der Waals surface area contributed by atoms with Gasteiger partial charge in [-0.05, 0) is 28.8 Å². The van der Waals surface area contributed by atoms with Crippen molar-refractivity contribution in [1.29, 1.82) is 0 Å². The number of benzene rings is 3. The van der Waals surface area contributed by atoms with Gasteiger partial charge in [0.15, 0.2) is 5.75 Å². The van der Waals surface area contributed by atoms with Gasteiger partial charge >= 0.3 is 5.69 Å². The summed E-state index contributed by atoms with van der Waals surface area (Å²) >= 11 is 0. The van der Waals surface area contributed by atoms with Gasteiger partial charge in [0.1, 0.15) is 11.3 Å². The van der Waals surface area contributed by atoms with Gasteiger partial charge < -0.3 is 5.11 Å². The van der Waals surface area contributed by atoms with Gasteiger partial charge in [0, 0.05) is 12.5 Å². The highest BCUT2D eigenvalue weighted by Crippen LogP contribution is 2.36. The van der Waals surface area contributed by atoms with Crippen LogP contribution >= 0.6 is 0 Å². The Kier molecular flexibility index (Phi) is 5.63. The first kappa shape index (κ1) is 20.7. The molecule has 1 heterocycles. The van der Waals surface area contributed by atoms with Crippen LogP contribution < -0.4 is 10.9 Å². The molecular formula is C23H19N5O4. The Morgan fingerprint density at radius 2 is 1.72 bits per heavy atom. The van der Waals surface area contributed by atoms with E-state index in [4.69, 9.17) is 0 Å². The number of nitro benzene ring substituents is 1. The van der Waals surface area contributed by atoms with E-state index in [9.17, 15) is 20.0 Å². The maximum Gasteiger partial charge on any atom is 0.310 e. The first-order chi connectivity index (χ1) is 15.5. The number of phenolic OH excluding ortho intramolecular Hbond substituents is 1. The Hall–Kier alpha value is -4.53. The molecule has 9 nitrogen and oxygen atoms in total. The van der Waals surface area contributed by atoms with Crippen molar-refractivity contribution in [2.24, 2.45) is 10.2 Å². The zero-order valence-electron chi connectivity index (χ0n) is 16.8. The van der Waals surface area contributed by atoms with Gasteiger partial charge in [-0.15, -0.1) is 0 Å². The molecule has 0 aliphatic carbocycles. The van der Waals surface area contributed by atoms with Gasteiger partial charge in [0.05, 0.1) is 11.1 Å². The van der Waals surface area contributed by atoms with Crippen LogP contribution in [0.15, 0.2) is 89.1 Å². The summed E-state index contributed by atoms with van der Waals surface area (Å²) in [7, 11) is 0. The van der Waals surface area contributed by atoms with Crippen LogP contribution in [0.1, 0.15) is 23.1 Å². The summed E-state index contributed by atoms with van der Waals surface area (Å²) < 4.78 is 0. The largest absolute Gasteiger partial charge is 0.502 e. The number of phenols is 1. The molecule has 0 aromatic heterocycles. The normalized spacial score (nSPS) is 14.6. The third kappa shape index (κ3) is 4.04. The quantitative estimate of drug-likeness (QED) is 0.315. The Morgan fingerprint density at radius 3 is 2.28 bits per heavy atom. The molecule has 1 amide bonds. The molecule has 0 spiro atoms. The van der Waals surface area contributed by atoms with E-state index in [0.29, 0.717) is 12.0 Å². The lowest BCUT2D eigenvalue weighted by molar-refractivity contribution is -0.385. The van der Waals surface area contributed by atoms with Gasteiger partial charge in [-0.3, -0.25) is 20.3 Å². The fourth-order valence-electron chi connectivity index (χ4n) is 3.57. The maximum absolute atomic E-state index is 12.7. The highest BCUT2D eigenvalue weighted by Gasteiger charge is 2.41. The molecule has 0 unspecified atom stereocenters. The first-order valence-corrected chi connectivity index (χ1v) is 9.75. The second-order valence-electron chi connectivity index (χ2n) is 7.19. The average molecular weight is 429 g/mol. The lowest BCUT2D eigenvalue weighted by Crippen LogP contribution is -2.38. The van der Waals surface area contributed by atoms with Crippen molar-refractivity contribution >= 4 is 23.5 Å². The van der Waals surface area contributed by atoms with E-state index in [1.165, 1.54) is 18.3 Å². The van der Waals surface area contributed by atoms with Gasteiger partial charge in [-0.2, -0.15) is 10.2 Å². The van der Waals surface area contributed by atoms with Crippen LogP contribution in [-0.2, 0) is 10.3 Å². The van der Waals surface area contributed by atoms with Crippen LogP contribution in [0.4, 0.5) is 5.69 Å². The van der Waals surface area contributed by atoms with Gasteiger partial charge in [-0.1, -0.05) is 60.7 Å². The maximum atomic E-state index is 12.7. The SMILES string of the molecule is O=C(NN=Cc1ccc([N+](=O)[O-])c(O)c1)C1=NNC(c2ccccc2)(c2ccccc2)C1. The summed E-state index contributed by atoms with van der Waals surface area (Å²) in [6.07, 6.45) is 1.60. The van der Waals surface area contributed by atoms with Crippen molar-refractivity contribution in [2.75, 3.05) is 0 Å². The Labute approximate surface area is 183 Å². The number of hydrazone groups is 2. The van der Waals surface area contributed by atoms with E-state index in [1.54, 1.807) is 0 Å². The predicted octanol–water partition coefficient (Wildman–Crippen LogP) is 3.04. The molecule has 0 saturated heterocycles. The van der Waals surface area contributed by atoms with Gasteiger partial charge in [0.25, 0.3) is 5.91 Å². The van der Waals surface area contributed by atoms with Crippen molar-refractivity contribution in [3.05, 3.63) is 106 Å². The molecule has 0 radical (unpaired) electrons.